The molecule has 3 aromatic rings. The number of aryl methyl sites for hydroxylation is 1. The molecule has 0 saturated carbocycles. The smallest absolute Gasteiger partial charge is 0.223 e. The second kappa shape index (κ2) is 10.9. The Kier molecular flexibility index (Phi) is 7.95. The highest BCUT2D eigenvalue weighted by molar-refractivity contribution is 6.30. The number of carbonyl (C=O) groups is 2. The van der Waals surface area contributed by atoms with Crippen LogP contribution < -0.4 is 20.1 Å². The van der Waals surface area contributed by atoms with Crippen LogP contribution in [0.3, 0.4) is 0 Å². The van der Waals surface area contributed by atoms with E-state index in [1.54, 1.807) is 56.9 Å². The zero-order valence-corrected chi connectivity index (χ0v) is 19.7. The molecule has 1 heterocycles. The molecule has 0 aliphatic carbocycles. The van der Waals surface area contributed by atoms with Crippen molar-refractivity contribution in [3.8, 4) is 11.5 Å². The maximum Gasteiger partial charge on any atom is 0.223 e. The Balaban J connectivity index is 1.91. The molecule has 3 rings (SSSR count). The number of hydrogen-bond acceptors (Lipinski definition) is 5. The number of imidazole rings is 1. The van der Waals surface area contributed by atoms with Crippen LogP contribution in [-0.4, -0.2) is 35.6 Å². The molecule has 174 valence electrons. The van der Waals surface area contributed by atoms with E-state index in [4.69, 9.17) is 21.1 Å². The van der Waals surface area contributed by atoms with Gasteiger partial charge < -0.3 is 24.7 Å². The van der Waals surface area contributed by atoms with Gasteiger partial charge in [-0.05, 0) is 35.4 Å². The first-order chi connectivity index (χ1) is 15.8. The van der Waals surface area contributed by atoms with Crippen LogP contribution in [0, 0.1) is 0 Å². The van der Waals surface area contributed by atoms with Crippen LogP contribution >= 0.6 is 11.6 Å². The van der Waals surface area contributed by atoms with E-state index in [2.05, 4.69) is 15.6 Å². The third-order valence-corrected chi connectivity index (χ3v) is 5.42. The summed E-state index contributed by atoms with van der Waals surface area (Å²) in [6.07, 6.45) is 3.50. The lowest BCUT2D eigenvalue weighted by atomic mass is 10.0. The maximum atomic E-state index is 13.2. The molecular formula is C24H27ClN4O4. The van der Waals surface area contributed by atoms with Gasteiger partial charge in [0.25, 0.3) is 0 Å². The van der Waals surface area contributed by atoms with Gasteiger partial charge in [0.05, 0.1) is 26.7 Å². The monoisotopic (exact) mass is 470 g/mol. The largest absolute Gasteiger partial charge is 0.497 e. The van der Waals surface area contributed by atoms with E-state index in [0.29, 0.717) is 22.3 Å². The highest BCUT2D eigenvalue weighted by Gasteiger charge is 2.25. The van der Waals surface area contributed by atoms with E-state index in [1.807, 2.05) is 23.7 Å². The highest BCUT2D eigenvalue weighted by Crippen LogP contribution is 2.30. The number of ether oxygens (including phenoxy) is 2. The minimum Gasteiger partial charge on any atom is -0.497 e. The molecule has 2 amide bonds. The summed E-state index contributed by atoms with van der Waals surface area (Å²) < 4.78 is 12.6. The summed E-state index contributed by atoms with van der Waals surface area (Å²) in [6, 6.07) is 11.4. The Morgan fingerprint density at radius 2 is 1.67 bits per heavy atom. The Bertz CT molecular complexity index is 1090. The van der Waals surface area contributed by atoms with Gasteiger partial charge in [-0.25, -0.2) is 4.98 Å². The van der Waals surface area contributed by atoms with Gasteiger partial charge >= 0.3 is 0 Å². The molecule has 0 spiro atoms. The van der Waals surface area contributed by atoms with Crippen molar-refractivity contribution in [3.63, 3.8) is 0 Å². The van der Waals surface area contributed by atoms with E-state index in [0.717, 1.165) is 11.1 Å². The number of rotatable bonds is 9. The van der Waals surface area contributed by atoms with Crippen molar-refractivity contribution in [1.82, 2.24) is 20.2 Å². The van der Waals surface area contributed by atoms with Gasteiger partial charge in [0.15, 0.2) is 0 Å². The first-order valence-electron chi connectivity index (χ1n) is 10.3. The van der Waals surface area contributed by atoms with E-state index in [1.165, 1.54) is 6.92 Å². The minimum absolute atomic E-state index is 0.0310. The molecule has 0 aliphatic heterocycles. The summed E-state index contributed by atoms with van der Waals surface area (Å²) in [5.74, 6) is 1.32. The number of nitrogens with one attached hydrogen (secondary N) is 2. The quantitative estimate of drug-likeness (QED) is 0.498. The fourth-order valence-electron chi connectivity index (χ4n) is 3.55. The highest BCUT2D eigenvalue weighted by atomic mass is 35.5. The third-order valence-electron chi connectivity index (χ3n) is 5.17. The van der Waals surface area contributed by atoms with Gasteiger partial charge in [0, 0.05) is 37.5 Å². The molecular weight excluding hydrogens is 444 g/mol. The van der Waals surface area contributed by atoms with Crippen molar-refractivity contribution in [2.75, 3.05) is 14.2 Å². The van der Waals surface area contributed by atoms with Crippen LogP contribution in [0.15, 0.2) is 54.9 Å². The lowest BCUT2D eigenvalue weighted by Crippen LogP contribution is -2.35. The topological polar surface area (TPSA) is 94.5 Å². The van der Waals surface area contributed by atoms with Gasteiger partial charge in [-0.1, -0.05) is 23.7 Å². The van der Waals surface area contributed by atoms with Crippen molar-refractivity contribution >= 4 is 23.4 Å². The number of nitrogens with zero attached hydrogens (tertiary/aromatic N) is 2. The molecule has 2 unspecified atom stereocenters. The van der Waals surface area contributed by atoms with Gasteiger partial charge in [-0.2, -0.15) is 0 Å². The first-order valence-corrected chi connectivity index (χ1v) is 10.7. The average Bonchev–Trinajstić information content (AvgIpc) is 3.22. The molecule has 8 nitrogen and oxygen atoms in total. The van der Waals surface area contributed by atoms with Crippen molar-refractivity contribution < 1.29 is 19.1 Å². The number of amides is 2. The normalized spacial score (nSPS) is 12.5. The summed E-state index contributed by atoms with van der Waals surface area (Å²) in [6.45, 7) is 1.42. The molecule has 0 fully saturated rings. The summed E-state index contributed by atoms with van der Waals surface area (Å²) >= 11 is 5.99. The first kappa shape index (κ1) is 24.1. The summed E-state index contributed by atoms with van der Waals surface area (Å²) in [7, 11) is 4.99. The van der Waals surface area contributed by atoms with Gasteiger partial charge in [-0.15, -0.1) is 0 Å². The zero-order valence-electron chi connectivity index (χ0n) is 19.0. The Morgan fingerprint density at radius 3 is 2.18 bits per heavy atom. The van der Waals surface area contributed by atoms with Crippen LogP contribution in [0.4, 0.5) is 0 Å². The van der Waals surface area contributed by atoms with Gasteiger partial charge in [-0.3, -0.25) is 9.59 Å². The molecule has 2 N–H and O–H groups in total. The second-order valence-electron chi connectivity index (χ2n) is 7.55. The molecule has 2 aromatic carbocycles. The third kappa shape index (κ3) is 6.26. The molecule has 0 saturated heterocycles. The number of benzene rings is 2. The molecule has 0 bridgehead atoms. The molecule has 0 radical (unpaired) electrons. The Morgan fingerprint density at radius 1 is 1.03 bits per heavy atom. The lowest BCUT2D eigenvalue weighted by molar-refractivity contribution is -0.123. The number of halogens is 1. The zero-order chi connectivity index (χ0) is 24.0. The minimum atomic E-state index is -0.565. The summed E-state index contributed by atoms with van der Waals surface area (Å²) in [4.78, 5) is 29.4. The lowest BCUT2D eigenvalue weighted by Gasteiger charge is -2.23. The standard InChI is InChI=1S/C24H27ClN4O4/c1-15(30)27-21(16-5-7-18(25)8-6-16)14-22(31)28-23(24-26-9-10-29(24)2)17-11-19(32-3)13-20(12-17)33-4/h5-13,21,23H,14H2,1-4H3,(H,27,30)(H,28,31). The van der Waals surface area contributed by atoms with Crippen LogP contribution in [0.1, 0.15) is 42.4 Å². The van der Waals surface area contributed by atoms with E-state index < -0.39 is 12.1 Å². The summed E-state index contributed by atoms with van der Waals surface area (Å²) in [5.41, 5.74) is 1.53. The predicted molar refractivity (Wildman–Crippen MR) is 125 cm³/mol. The Labute approximate surface area is 197 Å². The molecule has 2 atom stereocenters. The van der Waals surface area contributed by atoms with Gasteiger partial charge in [0.2, 0.25) is 11.8 Å². The van der Waals surface area contributed by atoms with Crippen LogP contribution in [0.2, 0.25) is 5.02 Å². The molecule has 0 aliphatic rings. The van der Waals surface area contributed by atoms with Crippen molar-refractivity contribution in [3.05, 3.63) is 76.8 Å². The van der Waals surface area contributed by atoms with E-state index in [9.17, 15) is 9.59 Å². The van der Waals surface area contributed by atoms with Crippen LogP contribution in [0.25, 0.3) is 0 Å². The fraction of sp³-hybridized carbons (Fsp3) is 0.292. The maximum absolute atomic E-state index is 13.2. The van der Waals surface area contributed by atoms with Crippen molar-refractivity contribution in [2.45, 2.75) is 25.4 Å². The SMILES string of the molecule is COc1cc(OC)cc(C(NC(=O)CC(NC(C)=O)c2ccc(Cl)cc2)c2nccn2C)c1. The van der Waals surface area contributed by atoms with Crippen LogP contribution in [0.5, 0.6) is 11.5 Å². The Hall–Kier alpha value is -3.52. The summed E-state index contributed by atoms with van der Waals surface area (Å²) in [5, 5.41) is 6.47. The fourth-order valence-corrected chi connectivity index (χ4v) is 3.67. The predicted octanol–water partition coefficient (Wildman–Crippen LogP) is 3.56. The van der Waals surface area contributed by atoms with E-state index >= 15 is 0 Å². The second-order valence-corrected chi connectivity index (χ2v) is 7.99. The van der Waals surface area contributed by atoms with Gasteiger partial charge in [0.1, 0.15) is 23.4 Å². The number of methoxy groups -OCH3 is 2. The van der Waals surface area contributed by atoms with E-state index in [-0.39, 0.29) is 18.2 Å². The molecule has 9 heteroatoms. The van der Waals surface area contributed by atoms with Crippen LogP contribution in [-0.2, 0) is 16.6 Å². The number of aromatic nitrogens is 2. The molecule has 1 aromatic heterocycles. The number of hydrogen-bond donors (Lipinski definition) is 2. The number of carbonyl (C=O) groups excluding carboxylic acids is 2. The molecule has 33 heavy (non-hydrogen) atoms. The average molecular weight is 471 g/mol. The van der Waals surface area contributed by atoms with Crippen molar-refractivity contribution in [2.24, 2.45) is 7.05 Å². The van der Waals surface area contributed by atoms with Crippen molar-refractivity contribution in [1.29, 1.82) is 0 Å².